The van der Waals surface area contributed by atoms with Crippen LogP contribution in [0.5, 0.6) is 0 Å². The molecule has 102 valence electrons. The van der Waals surface area contributed by atoms with Gasteiger partial charge in [-0.1, -0.05) is 6.42 Å². The molecule has 2 aliphatic rings. The molecular formula is C13H21NO4. The highest BCUT2D eigenvalue weighted by molar-refractivity contribution is 5.81. The van der Waals surface area contributed by atoms with E-state index < -0.39 is 23.7 Å². The number of carboxylic acid groups (broad SMARTS) is 1. The lowest BCUT2D eigenvalue weighted by atomic mass is 9.67. The van der Waals surface area contributed by atoms with Gasteiger partial charge in [0.2, 0.25) is 0 Å². The number of hydrogen-bond acceptors (Lipinski definition) is 3. The van der Waals surface area contributed by atoms with Crippen molar-refractivity contribution in [1.82, 2.24) is 4.90 Å². The van der Waals surface area contributed by atoms with Gasteiger partial charge in [0.1, 0.15) is 11.6 Å². The molecule has 18 heavy (non-hydrogen) atoms. The van der Waals surface area contributed by atoms with Crippen LogP contribution in [-0.2, 0) is 9.53 Å². The fourth-order valence-electron chi connectivity index (χ4n) is 2.83. The van der Waals surface area contributed by atoms with Crippen LogP contribution < -0.4 is 0 Å². The van der Waals surface area contributed by atoms with Gasteiger partial charge in [-0.2, -0.15) is 0 Å². The lowest BCUT2D eigenvalue weighted by Gasteiger charge is -2.37. The summed E-state index contributed by atoms with van der Waals surface area (Å²) in [6.45, 7) is 5.89. The molecule has 1 N–H and O–H groups in total. The van der Waals surface area contributed by atoms with Gasteiger partial charge in [0.25, 0.3) is 0 Å². The molecule has 0 unspecified atom stereocenters. The maximum absolute atomic E-state index is 12.0. The zero-order chi connectivity index (χ0) is 13.6. The van der Waals surface area contributed by atoms with E-state index in [1.807, 2.05) is 0 Å². The number of aliphatic carboxylic acids is 1. The Balaban J connectivity index is 2.10. The number of nitrogens with zero attached hydrogens (tertiary/aromatic N) is 1. The van der Waals surface area contributed by atoms with E-state index in [2.05, 4.69) is 0 Å². The number of carbonyl (C=O) groups is 2. The largest absolute Gasteiger partial charge is 0.480 e. The van der Waals surface area contributed by atoms with Crippen molar-refractivity contribution in [3.05, 3.63) is 0 Å². The van der Waals surface area contributed by atoms with Crippen LogP contribution in [0.1, 0.15) is 46.5 Å². The minimum Gasteiger partial charge on any atom is -0.480 e. The van der Waals surface area contributed by atoms with E-state index in [0.717, 1.165) is 19.3 Å². The minimum absolute atomic E-state index is 0.0416. The number of carbonyl (C=O) groups excluding carboxylic acids is 1. The standard InChI is InChI=1S/C13H21NO4/c1-12(2,3)18-11(17)14-8-13(5-4-6-13)7-9(14)10(15)16/h9H,4-8H2,1-3H3,(H,15,16)/t9-/m1/s1. The number of rotatable bonds is 1. The zero-order valence-corrected chi connectivity index (χ0v) is 11.2. The van der Waals surface area contributed by atoms with Crippen molar-refractivity contribution in [3.63, 3.8) is 0 Å². The number of hydrogen-bond donors (Lipinski definition) is 1. The molecule has 1 saturated heterocycles. The lowest BCUT2D eigenvalue weighted by Crippen LogP contribution is -2.44. The van der Waals surface area contributed by atoms with Crippen molar-refractivity contribution in [1.29, 1.82) is 0 Å². The Morgan fingerprint density at radius 2 is 1.94 bits per heavy atom. The summed E-state index contributed by atoms with van der Waals surface area (Å²) < 4.78 is 5.29. The predicted molar refractivity (Wildman–Crippen MR) is 65.3 cm³/mol. The SMILES string of the molecule is CC(C)(C)OC(=O)N1CC2(CCC2)C[C@@H]1C(=O)O. The Bertz CT molecular complexity index is 368. The van der Waals surface area contributed by atoms with Gasteiger partial charge in [0, 0.05) is 6.54 Å². The van der Waals surface area contributed by atoms with Crippen molar-refractivity contribution < 1.29 is 19.4 Å². The fraction of sp³-hybridized carbons (Fsp3) is 0.846. The van der Waals surface area contributed by atoms with Gasteiger partial charge < -0.3 is 9.84 Å². The molecule has 1 saturated carbocycles. The van der Waals surface area contributed by atoms with Crippen LogP contribution in [0.4, 0.5) is 4.79 Å². The molecule has 1 aliphatic carbocycles. The summed E-state index contributed by atoms with van der Waals surface area (Å²) >= 11 is 0. The van der Waals surface area contributed by atoms with Crippen LogP contribution in [0.3, 0.4) is 0 Å². The number of carboxylic acids is 1. The second-order valence-electron chi connectivity index (χ2n) is 6.52. The van der Waals surface area contributed by atoms with Gasteiger partial charge in [0.15, 0.2) is 0 Å². The van der Waals surface area contributed by atoms with Gasteiger partial charge in [-0.15, -0.1) is 0 Å². The molecule has 0 bridgehead atoms. The molecular weight excluding hydrogens is 234 g/mol. The van der Waals surface area contributed by atoms with Crippen molar-refractivity contribution in [2.75, 3.05) is 6.54 Å². The first kappa shape index (κ1) is 13.2. The first-order valence-electron chi connectivity index (χ1n) is 6.45. The second-order valence-corrected chi connectivity index (χ2v) is 6.52. The van der Waals surface area contributed by atoms with Gasteiger partial charge in [-0.3, -0.25) is 4.90 Å². The molecule has 1 spiro atoms. The number of likely N-dealkylation sites (tertiary alicyclic amines) is 1. The Labute approximate surface area is 107 Å². The normalized spacial score (nSPS) is 25.9. The maximum atomic E-state index is 12.0. The van der Waals surface area contributed by atoms with Crippen LogP contribution >= 0.6 is 0 Å². The quantitative estimate of drug-likeness (QED) is 0.780. The van der Waals surface area contributed by atoms with Crippen molar-refractivity contribution in [2.24, 2.45) is 5.41 Å². The summed E-state index contributed by atoms with van der Waals surface area (Å²) in [5.74, 6) is -0.926. The Kier molecular flexibility index (Phi) is 3.03. The molecule has 1 heterocycles. The van der Waals surface area contributed by atoms with Gasteiger partial charge in [-0.25, -0.2) is 9.59 Å². The summed E-state index contributed by atoms with van der Waals surface area (Å²) in [6, 6.07) is -0.722. The summed E-state index contributed by atoms with van der Waals surface area (Å²) in [7, 11) is 0. The van der Waals surface area contributed by atoms with E-state index >= 15 is 0 Å². The first-order valence-corrected chi connectivity index (χ1v) is 6.45. The maximum Gasteiger partial charge on any atom is 0.411 e. The van der Waals surface area contributed by atoms with Crippen LogP contribution in [0, 0.1) is 5.41 Å². The van der Waals surface area contributed by atoms with Crippen molar-refractivity contribution in [2.45, 2.75) is 58.1 Å². The van der Waals surface area contributed by atoms with Crippen LogP contribution in [-0.4, -0.2) is 40.3 Å². The third kappa shape index (κ3) is 2.44. The topological polar surface area (TPSA) is 66.8 Å². The highest BCUT2D eigenvalue weighted by Gasteiger charge is 2.52. The van der Waals surface area contributed by atoms with Crippen molar-refractivity contribution >= 4 is 12.1 Å². The van der Waals surface area contributed by atoms with E-state index in [1.165, 1.54) is 4.90 Å². The first-order chi connectivity index (χ1) is 8.22. The third-order valence-corrected chi connectivity index (χ3v) is 3.84. The summed E-state index contributed by atoms with van der Waals surface area (Å²) in [5, 5.41) is 9.23. The molecule has 1 amide bonds. The van der Waals surface area contributed by atoms with Crippen molar-refractivity contribution in [3.8, 4) is 0 Å². The summed E-state index contributed by atoms with van der Waals surface area (Å²) in [5.41, 5.74) is -0.546. The molecule has 0 aromatic heterocycles. The molecule has 0 aromatic carbocycles. The van der Waals surface area contributed by atoms with E-state index in [1.54, 1.807) is 20.8 Å². The Morgan fingerprint density at radius 3 is 2.33 bits per heavy atom. The monoisotopic (exact) mass is 255 g/mol. The van der Waals surface area contributed by atoms with Crippen LogP contribution in [0.15, 0.2) is 0 Å². The zero-order valence-electron chi connectivity index (χ0n) is 11.2. The van der Waals surface area contributed by atoms with Crippen LogP contribution in [0.2, 0.25) is 0 Å². The van der Waals surface area contributed by atoms with Gasteiger partial charge in [0.05, 0.1) is 0 Å². The summed E-state index contributed by atoms with van der Waals surface area (Å²) in [6.07, 6.45) is 3.25. The van der Waals surface area contributed by atoms with Gasteiger partial charge in [-0.05, 0) is 45.4 Å². The lowest BCUT2D eigenvalue weighted by molar-refractivity contribution is -0.142. The molecule has 2 fully saturated rings. The van der Waals surface area contributed by atoms with E-state index in [0.29, 0.717) is 13.0 Å². The Hall–Kier alpha value is -1.26. The van der Waals surface area contributed by atoms with E-state index in [9.17, 15) is 14.7 Å². The number of ether oxygens (including phenoxy) is 1. The predicted octanol–water partition coefficient (Wildman–Crippen LogP) is 2.25. The van der Waals surface area contributed by atoms with E-state index in [-0.39, 0.29) is 5.41 Å². The second kappa shape index (κ2) is 4.14. The van der Waals surface area contributed by atoms with E-state index in [4.69, 9.17) is 4.74 Å². The molecule has 2 rings (SSSR count). The molecule has 0 radical (unpaired) electrons. The molecule has 1 aliphatic heterocycles. The highest BCUT2D eigenvalue weighted by atomic mass is 16.6. The molecule has 5 heteroatoms. The molecule has 0 aromatic rings. The van der Waals surface area contributed by atoms with Crippen LogP contribution in [0.25, 0.3) is 0 Å². The molecule has 1 atom stereocenters. The average Bonchev–Trinajstić information content (AvgIpc) is 2.54. The Morgan fingerprint density at radius 1 is 1.33 bits per heavy atom. The number of amides is 1. The highest BCUT2D eigenvalue weighted by Crippen LogP contribution is 2.50. The minimum atomic E-state index is -0.926. The van der Waals surface area contributed by atoms with Gasteiger partial charge >= 0.3 is 12.1 Å². The smallest absolute Gasteiger partial charge is 0.411 e. The molecule has 5 nitrogen and oxygen atoms in total. The average molecular weight is 255 g/mol. The third-order valence-electron chi connectivity index (χ3n) is 3.84. The fourth-order valence-corrected chi connectivity index (χ4v) is 2.83. The summed E-state index contributed by atoms with van der Waals surface area (Å²) in [4.78, 5) is 24.7.